The second-order valence-electron chi connectivity index (χ2n) is 3.97. The van der Waals surface area contributed by atoms with Gasteiger partial charge in [0.1, 0.15) is 5.52 Å². The number of rotatable bonds is 2. The predicted molar refractivity (Wildman–Crippen MR) is 54.7 cm³/mol. The van der Waals surface area contributed by atoms with E-state index >= 15 is 0 Å². The van der Waals surface area contributed by atoms with Crippen LogP contribution in [-0.2, 0) is 10.2 Å². The maximum Gasteiger partial charge on any atom is 0.313 e. The summed E-state index contributed by atoms with van der Waals surface area (Å²) in [6.45, 7) is 3.33. The van der Waals surface area contributed by atoms with Crippen molar-refractivity contribution in [1.82, 2.24) is 4.98 Å². The van der Waals surface area contributed by atoms with Gasteiger partial charge in [0.05, 0.1) is 5.41 Å². The Balaban J connectivity index is 2.57. The summed E-state index contributed by atoms with van der Waals surface area (Å²) in [5.41, 5.74) is 1.16. The number of benzene rings is 1. The molecule has 4 heteroatoms. The third-order valence-electron chi connectivity index (χ3n) is 2.59. The van der Waals surface area contributed by atoms with E-state index in [1.807, 2.05) is 0 Å². The van der Waals surface area contributed by atoms with Gasteiger partial charge < -0.3 is 9.52 Å². The summed E-state index contributed by atoms with van der Waals surface area (Å²) in [4.78, 5) is 15.0. The number of fused-ring (bicyclic) bond motifs is 1. The predicted octanol–water partition coefficient (Wildman–Crippen LogP) is 2.19. The number of hydrogen-bond acceptors (Lipinski definition) is 3. The van der Waals surface area contributed by atoms with Gasteiger partial charge in [-0.15, -0.1) is 0 Å². The summed E-state index contributed by atoms with van der Waals surface area (Å²) < 4.78 is 5.09. The lowest BCUT2D eigenvalue weighted by Crippen LogP contribution is -2.28. The van der Waals surface area contributed by atoms with Crippen LogP contribution in [-0.4, -0.2) is 16.1 Å². The largest absolute Gasteiger partial charge is 0.481 e. The molecule has 0 bridgehead atoms. The van der Waals surface area contributed by atoms with Crippen molar-refractivity contribution in [3.8, 4) is 0 Å². The summed E-state index contributed by atoms with van der Waals surface area (Å²) in [6, 6.07) is 5.23. The van der Waals surface area contributed by atoms with Gasteiger partial charge in [-0.3, -0.25) is 4.79 Å². The second kappa shape index (κ2) is 3.08. The average Bonchev–Trinajstić information content (AvgIpc) is 2.63. The van der Waals surface area contributed by atoms with Gasteiger partial charge in [-0.25, -0.2) is 4.98 Å². The Bertz CT molecular complexity index is 513. The summed E-state index contributed by atoms with van der Waals surface area (Å²) >= 11 is 0. The van der Waals surface area contributed by atoms with Crippen LogP contribution in [0.25, 0.3) is 11.1 Å². The second-order valence-corrected chi connectivity index (χ2v) is 3.97. The average molecular weight is 205 g/mol. The molecule has 0 saturated heterocycles. The summed E-state index contributed by atoms with van der Waals surface area (Å²) in [7, 11) is 0. The lowest BCUT2D eigenvalue weighted by atomic mass is 9.85. The van der Waals surface area contributed by atoms with E-state index in [2.05, 4.69) is 4.98 Å². The van der Waals surface area contributed by atoms with Crippen LogP contribution in [0.5, 0.6) is 0 Å². The van der Waals surface area contributed by atoms with E-state index in [9.17, 15) is 4.79 Å². The maximum atomic E-state index is 11.1. The fourth-order valence-electron chi connectivity index (χ4n) is 1.37. The standard InChI is InChI=1S/C11H11NO3/c1-11(2,10(13)14)7-3-4-9-8(5-7)12-6-15-9/h3-6H,1-2H3,(H,13,14). The highest BCUT2D eigenvalue weighted by atomic mass is 16.4. The topological polar surface area (TPSA) is 63.3 Å². The van der Waals surface area contributed by atoms with Crippen molar-refractivity contribution in [3.05, 3.63) is 30.2 Å². The van der Waals surface area contributed by atoms with Crippen LogP contribution in [0.1, 0.15) is 19.4 Å². The molecule has 0 radical (unpaired) electrons. The van der Waals surface area contributed by atoms with Gasteiger partial charge in [0.2, 0.25) is 0 Å². The van der Waals surface area contributed by atoms with Crippen LogP contribution in [0.3, 0.4) is 0 Å². The Morgan fingerprint density at radius 3 is 2.87 bits per heavy atom. The molecule has 1 N–H and O–H groups in total. The monoisotopic (exact) mass is 205 g/mol. The zero-order valence-electron chi connectivity index (χ0n) is 8.52. The Hall–Kier alpha value is -1.84. The molecule has 0 aliphatic carbocycles. The van der Waals surface area contributed by atoms with Gasteiger partial charge in [-0.1, -0.05) is 6.07 Å². The number of hydrogen-bond donors (Lipinski definition) is 1. The van der Waals surface area contributed by atoms with Crippen LogP contribution < -0.4 is 0 Å². The van der Waals surface area contributed by atoms with Crippen molar-refractivity contribution in [2.24, 2.45) is 0 Å². The quantitative estimate of drug-likeness (QED) is 0.816. The van der Waals surface area contributed by atoms with Crippen molar-refractivity contribution in [2.75, 3.05) is 0 Å². The Kier molecular flexibility index (Phi) is 2.00. The highest BCUT2D eigenvalue weighted by Crippen LogP contribution is 2.26. The molecule has 0 saturated carbocycles. The van der Waals surface area contributed by atoms with Gasteiger partial charge in [0, 0.05) is 0 Å². The van der Waals surface area contributed by atoms with Gasteiger partial charge in [-0.05, 0) is 31.5 Å². The molecule has 0 spiro atoms. The van der Waals surface area contributed by atoms with E-state index in [1.54, 1.807) is 32.0 Å². The van der Waals surface area contributed by atoms with E-state index < -0.39 is 11.4 Å². The third kappa shape index (κ3) is 1.48. The smallest absolute Gasteiger partial charge is 0.313 e. The first-order chi connectivity index (χ1) is 7.01. The van der Waals surface area contributed by atoms with E-state index in [0.717, 1.165) is 5.56 Å². The highest BCUT2D eigenvalue weighted by molar-refractivity contribution is 5.83. The highest BCUT2D eigenvalue weighted by Gasteiger charge is 2.29. The molecular formula is C11H11NO3. The number of carbonyl (C=O) groups is 1. The van der Waals surface area contributed by atoms with Gasteiger partial charge in [0.25, 0.3) is 0 Å². The van der Waals surface area contributed by atoms with Crippen LogP contribution in [0.4, 0.5) is 0 Å². The van der Waals surface area contributed by atoms with Gasteiger partial charge in [0.15, 0.2) is 12.0 Å². The molecule has 1 aromatic carbocycles. The number of aromatic nitrogens is 1. The van der Waals surface area contributed by atoms with Crippen LogP contribution in [0, 0.1) is 0 Å². The zero-order chi connectivity index (χ0) is 11.1. The Morgan fingerprint density at radius 2 is 2.20 bits per heavy atom. The number of oxazole rings is 1. The van der Waals surface area contributed by atoms with E-state index in [4.69, 9.17) is 9.52 Å². The first kappa shape index (κ1) is 9.71. The zero-order valence-corrected chi connectivity index (χ0v) is 8.52. The molecule has 1 aromatic heterocycles. The summed E-state index contributed by atoms with van der Waals surface area (Å²) in [5, 5.41) is 9.07. The van der Waals surface area contributed by atoms with Crippen LogP contribution in [0.2, 0.25) is 0 Å². The van der Waals surface area contributed by atoms with Crippen molar-refractivity contribution in [2.45, 2.75) is 19.3 Å². The summed E-state index contributed by atoms with van der Waals surface area (Å²) in [6.07, 6.45) is 1.35. The molecule has 0 aliphatic rings. The fraction of sp³-hybridized carbons (Fsp3) is 0.273. The molecule has 0 amide bonds. The molecule has 1 heterocycles. The minimum Gasteiger partial charge on any atom is -0.481 e. The molecule has 0 aliphatic heterocycles. The van der Waals surface area contributed by atoms with Gasteiger partial charge in [-0.2, -0.15) is 0 Å². The Morgan fingerprint density at radius 1 is 1.47 bits per heavy atom. The van der Waals surface area contributed by atoms with E-state index in [-0.39, 0.29) is 0 Å². The van der Waals surface area contributed by atoms with Crippen molar-refractivity contribution in [1.29, 1.82) is 0 Å². The van der Waals surface area contributed by atoms with Crippen LogP contribution in [0.15, 0.2) is 29.0 Å². The molecule has 4 nitrogen and oxygen atoms in total. The van der Waals surface area contributed by atoms with Crippen molar-refractivity contribution in [3.63, 3.8) is 0 Å². The normalized spacial score (nSPS) is 11.9. The first-order valence-corrected chi connectivity index (χ1v) is 4.59. The molecule has 2 rings (SSSR count). The third-order valence-corrected chi connectivity index (χ3v) is 2.59. The molecule has 0 fully saturated rings. The lowest BCUT2D eigenvalue weighted by molar-refractivity contribution is -0.142. The van der Waals surface area contributed by atoms with Crippen molar-refractivity contribution < 1.29 is 14.3 Å². The number of carboxylic acids is 1. The molecule has 15 heavy (non-hydrogen) atoms. The first-order valence-electron chi connectivity index (χ1n) is 4.59. The van der Waals surface area contributed by atoms with E-state index in [0.29, 0.717) is 11.1 Å². The SMILES string of the molecule is CC(C)(C(=O)O)c1ccc2ocnc2c1. The number of nitrogens with zero attached hydrogens (tertiary/aromatic N) is 1. The minimum absolute atomic E-state index is 0.667. The molecule has 78 valence electrons. The number of aliphatic carboxylic acids is 1. The molecule has 0 unspecified atom stereocenters. The van der Waals surface area contributed by atoms with Crippen LogP contribution >= 0.6 is 0 Å². The van der Waals surface area contributed by atoms with Crippen molar-refractivity contribution >= 4 is 17.1 Å². The fourth-order valence-corrected chi connectivity index (χ4v) is 1.37. The molecular weight excluding hydrogens is 194 g/mol. The lowest BCUT2D eigenvalue weighted by Gasteiger charge is -2.19. The molecule has 2 aromatic rings. The summed E-state index contributed by atoms with van der Waals surface area (Å²) in [5.74, 6) is -0.856. The Labute approximate surface area is 86.5 Å². The van der Waals surface area contributed by atoms with Gasteiger partial charge >= 0.3 is 5.97 Å². The van der Waals surface area contributed by atoms with E-state index in [1.165, 1.54) is 6.39 Å². The maximum absolute atomic E-state index is 11.1. The minimum atomic E-state index is -0.910. The molecule has 0 atom stereocenters. The number of carboxylic acid groups (broad SMARTS) is 1.